The fraction of sp³-hybridized carbons (Fsp3) is 0.467. The van der Waals surface area contributed by atoms with Crippen molar-refractivity contribution < 1.29 is 9.90 Å². The Labute approximate surface area is 118 Å². The van der Waals surface area contributed by atoms with Crippen LogP contribution in [-0.2, 0) is 11.3 Å². The SMILES string of the molecule is CC(O)CNC1CCN(Cc2ccc(C#N)cc2)C1=O. The molecule has 1 aromatic carbocycles. The third-order valence-electron chi connectivity index (χ3n) is 3.41. The fourth-order valence-electron chi connectivity index (χ4n) is 2.30. The number of benzene rings is 1. The molecule has 1 fully saturated rings. The molecule has 0 bridgehead atoms. The van der Waals surface area contributed by atoms with Crippen LogP contribution in [-0.4, -0.2) is 41.1 Å². The predicted molar refractivity (Wildman–Crippen MR) is 74.7 cm³/mol. The molecule has 2 N–H and O–H groups in total. The largest absolute Gasteiger partial charge is 0.392 e. The van der Waals surface area contributed by atoms with Crippen LogP contribution in [0.25, 0.3) is 0 Å². The molecule has 0 aliphatic carbocycles. The molecule has 1 amide bonds. The lowest BCUT2D eigenvalue weighted by Crippen LogP contribution is -2.40. The van der Waals surface area contributed by atoms with E-state index in [1.165, 1.54) is 0 Å². The average molecular weight is 273 g/mol. The molecule has 0 saturated carbocycles. The summed E-state index contributed by atoms with van der Waals surface area (Å²) in [6.45, 7) is 3.41. The molecule has 106 valence electrons. The molecule has 5 heteroatoms. The van der Waals surface area contributed by atoms with E-state index in [-0.39, 0.29) is 11.9 Å². The molecule has 1 aliphatic heterocycles. The lowest BCUT2D eigenvalue weighted by molar-refractivity contribution is -0.130. The van der Waals surface area contributed by atoms with Crippen LogP contribution in [0.3, 0.4) is 0 Å². The van der Waals surface area contributed by atoms with E-state index in [9.17, 15) is 9.90 Å². The van der Waals surface area contributed by atoms with Crippen LogP contribution in [0.15, 0.2) is 24.3 Å². The van der Waals surface area contributed by atoms with E-state index in [1.807, 2.05) is 12.1 Å². The Hall–Kier alpha value is -1.90. The summed E-state index contributed by atoms with van der Waals surface area (Å²) >= 11 is 0. The van der Waals surface area contributed by atoms with Crippen LogP contribution in [0.4, 0.5) is 0 Å². The van der Waals surface area contributed by atoms with Gasteiger partial charge in [-0.15, -0.1) is 0 Å². The highest BCUT2D eigenvalue weighted by molar-refractivity contribution is 5.83. The zero-order valence-corrected chi connectivity index (χ0v) is 11.5. The summed E-state index contributed by atoms with van der Waals surface area (Å²) in [5.74, 6) is 0.0787. The van der Waals surface area contributed by atoms with Gasteiger partial charge in [-0.05, 0) is 31.0 Å². The minimum atomic E-state index is -0.449. The van der Waals surface area contributed by atoms with Gasteiger partial charge in [-0.1, -0.05) is 12.1 Å². The van der Waals surface area contributed by atoms with Gasteiger partial charge in [-0.3, -0.25) is 4.79 Å². The number of carbonyl (C=O) groups excluding carboxylic acids is 1. The average Bonchev–Trinajstić information content (AvgIpc) is 2.78. The lowest BCUT2D eigenvalue weighted by atomic mass is 10.1. The minimum Gasteiger partial charge on any atom is -0.392 e. The van der Waals surface area contributed by atoms with Gasteiger partial charge in [0.25, 0.3) is 0 Å². The summed E-state index contributed by atoms with van der Waals surface area (Å²) in [7, 11) is 0. The summed E-state index contributed by atoms with van der Waals surface area (Å²) < 4.78 is 0. The van der Waals surface area contributed by atoms with Crippen molar-refractivity contribution in [2.24, 2.45) is 0 Å². The molecule has 20 heavy (non-hydrogen) atoms. The van der Waals surface area contributed by atoms with E-state index in [4.69, 9.17) is 5.26 Å². The van der Waals surface area contributed by atoms with Gasteiger partial charge in [0.15, 0.2) is 0 Å². The third kappa shape index (κ3) is 3.56. The number of hydrogen-bond acceptors (Lipinski definition) is 4. The quantitative estimate of drug-likeness (QED) is 0.825. The van der Waals surface area contributed by atoms with Crippen LogP contribution in [0.5, 0.6) is 0 Å². The maximum Gasteiger partial charge on any atom is 0.240 e. The van der Waals surface area contributed by atoms with Crippen molar-refractivity contribution in [3.63, 3.8) is 0 Å². The van der Waals surface area contributed by atoms with Gasteiger partial charge in [0.05, 0.1) is 23.8 Å². The number of nitriles is 1. The van der Waals surface area contributed by atoms with Gasteiger partial charge in [0.1, 0.15) is 0 Å². The molecule has 0 aromatic heterocycles. The predicted octanol–water partition coefficient (Wildman–Crippen LogP) is 0.630. The van der Waals surface area contributed by atoms with Crippen molar-refractivity contribution in [1.82, 2.24) is 10.2 Å². The van der Waals surface area contributed by atoms with Crippen LogP contribution < -0.4 is 5.32 Å². The number of amides is 1. The van der Waals surface area contributed by atoms with Gasteiger partial charge in [-0.25, -0.2) is 0 Å². The first-order valence-electron chi connectivity index (χ1n) is 6.79. The second-order valence-electron chi connectivity index (χ2n) is 5.17. The Kier molecular flexibility index (Phi) is 4.72. The number of hydrogen-bond donors (Lipinski definition) is 2. The first-order chi connectivity index (χ1) is 9.60. The van der Waals surface area contributed by atoms with E-state index >= 15 is 0 Å². The van der Waals surface area contributed by atoms with E-state index in [0.29, 0.717) is 18.7 Å². The van der Waals surface area contributed by atoms with E-state index in [2.05, 4.69) is 11.4 Å². The Morgan fingerprint density at radius 2 is 2.20 bits per heavy atom. The summed E-state index contributed by atoms with van der Waals surface area (Å²) in [5, 5.41) is 21.1. The molecule has 1 heterocycles. The Morgan fingerprint density at radius 3 is 2.80 bits per heavy atom. The van der Waals surface area contributed by atoms with Gasteiger partial charge in [0, 0.05) is 19.6 Å². The topological polar surface area (TPSA) is 76.4 Å². The molecule has 5 nitrogen and oxygen atoms in total. The van der Waals surface area contributed by atoms with E-state index < -0.39 is 6.10 Å². The van der Waals surface area contributed by atoms with E-state index in [1.54, 1.807) is 24.0 Å². The second kappa shape index (κ2) is 6.51. The summed E-state index contributed by atoms with van der Waals surface area (Å²) in [4.78, 5) is 14.0. The van der Waals surface area contributed by atoms with Gasteiger partial charge >= 0.3 is 0 Å². The summed E-state index contributed by atoms with van der Waals surface area (Å²) in [6, 6.07) is 9.17. The first-order valence-corrected chi connectivity index (χ1v) is 6.79. The van der Waals surface area contributed by atoms with Crippen LogP contribution in [0, 0.1) is 11.3 Å². The Balaban J connectivity index is 1.91. The monoisotopic (exact) mass is 273 g/mol. The number of likely N-dealkylation sites (tertiary alicyclic amines) is 1. The molecule has 0 radical (unpaired) electrons. The smallest absolute Gasteiger partial charge is 0.240 e. The fourth-order valence-corrected chi connectivity index (χ4v) is 2.30. The molecule has 1 aliphatic rings. The number of rotatable bonds is 5. The third-order valence-corrected chi connectivity index (χ3v) is 3.41. The Bertz CT molecular complexity index is 505. The van der Waals surface area contributed by atoms with Crippen LogP contribution in [0.2, 0.25) is 0 Å². The highest BCUT2D eigenvalue weighted by Gasteiger charge is 2.31. The first kappa shape index (κ1) is 14.5. The molecular formula is C15H19N3O2. The number of aliphatic hydroxyl groups excluding tert-OH is 1. The van der Waals surface area contributed by atoms with Crippen molar-refractivity contribution >= 4 is 5.91 Å². The lowest BCUT2D eigenvalue weighted by Gasteiger charge is -2.17. The molecule has 2 atom stereocenters. The molecular weight excluding hydrogens is 254 g/mol. The molecule has 1 saturated heterocycles. The highest BCUT2D eigenvalue weighted by atomic mass is 16.3. The van der Waals surface area contributed by atoms with Crippen LogP contribution in [0.1, 0.15) is 24.5 Å². The zero-order chi connectivity index (χ0) is 14.5. The summed E-state index contributed by atoms with van der Waals surface area (Å²) in [5.41, 5.74) is 1.64. The molecule has 2 rings (SSSR count). The van der Waals surface area contributed by atoms with Crippen molar-refractivity contribution in [2.75, 3.05) is 13.1 Å². The number of carbonyl (C=O) groups is 1. The summed E-state index contributed by atoms with van der Waals surface area (Å²) in [6.07, 6.45) is 0.317. The number of nitrogens with one attached hydrogen (secondary N) is 1. The van der Waals surface area contributed by atoms with Crippen molar-refractivity contribution in [3.8, 4) is 6.07 Å². The number of aliphatic hydroxyl groups is 1. The van der Waals surface area contributed by atoms with Crippen molar-refractivity contribution in [3.05, 3.63) is 35.4 Å². The van der Waals surface area contributed by atoms with Crippen LogP contribution >= 0.6 is 0 Å². The van der Waals surface area contributed by atoms with E-state index in [0.717, 1.165) is 18.5 Å². The van der Waals surface area contributed by atoms with Crippen molar-refractivity contribution in [1.29, 1.82) is 5.26 Å². The normalized spacial score (nSPS) is 19.9. The molecule has 0 spiro atoms. The molecule has 1 aromatic rings. The standard InChI is InChI=1S/C15H19N3O2/c1-11(19)9-17-14-6-7-18(15(14)20)10-13-4-2-12(8-16)3-5-13/h2-5,11,14,17,19H,6-7,9-10H2,1H3. The van der Waals surface area contributed by atoms with Gasteiger partial charge in [0.2, 0.25) is 5.91 Å². The van der Waals surface area contributed by atoms with Gasteiger partial charge < -0.3 is 15.3 Å². The maximum atomic E-state index is 12.2. The molecule has 2 unspecified atom stereocenters. The number of nitrogens with zero attached hydrogens (tertiary/aromatic N) is 2. The highest BCUT2D eigenvalue weighted by Crippen LogP contribution is 2.15. The minimum absolute atomic E-state index is 0.0787. The van der Waals surface area contributed by atoms with Gasteiger partial charge in [-0.2, -0.15) is 5.26 Å². The van der Waals surface area contributed by atoms with Crippen molar-refractivity contribution in [2.45, 2.75) is 32.0 Å². The maximum absolute atomic E-state index is 12.2. The zero-order valence-electron chi connectivity index (χ0n) is 11.5. The Morgan fingerprint density at radius 1 is 1.50 bits per heavy atom. The second-order valence-corrected chi connectivity index (χ2v) is 5.17.